The molecule has 3 nitrogen and oxygen atoms in total. The van der Waals surface area contributed by atoms with Crippen molar-refractivity contribution in [2.45, 2.75) is 0 Å². The van der Waals surface area contributed by atoms with Gasteiger partial charge in [0.15, 0.2) is 0 Å². The standard InChI is InChI=1S/C14H10N2O/c17-14(10-5-7-15-8-6-10)13-9-11-3-1-2-4-12(11)16-13/h1-9,16H. The number of nitrogens with one attached hydrogen (secondary N) is 1. The zero-order valence-electron chi connectivity index (χ0n) is 9.05. The highest BCUT2D eigenvalue weighted by atomic mass is 16.1. The van der Waals surface area contributed by atoms with Gasteiger partial charge in [0.1, 0.15) is 0 Å². The molecule has 1 N–H and O–H groups in total. The van der Waals surface area contributed by atoms with E-state index in [4.69, 9.17) is 0 Å². The van der Waals surface area contributed by atoms with Crippen molar-refractivity contribution in [1.82, 2.24) is 9.97 Å². The molecule has 0 atom stereocenters. The van der Waals surface area contributed by atoms with Gasteiger partial charge in [-0.2, -0.15) is 0 Å². The van der Waals surface area contributed by atoms with E-state index < -0.39 is 0 Å². The highest BCUT2D eigenvalue weighted by Crippen LogP contribution is 2.17. The summed E-state index contributed by atoms with van der Waals surface area (Å²) in [7, 11) is 0. The summed E-state index contributed by atoms with van der Waals surface area (Å²) in [6.45, 7) is 0. The largest absolute Gasteiger partial charge is 0.352 e. The molecule has 17 heavy (non-hydrogen) atoms. The van der Waals surface area contributed by atoms with Crippen LogP contribution in [0, 0.1) is 0 Å². The Balaban J connectivity index is 2.07. The predicted octanol–water partition coefficient (Wildman–Crippen LogP) is 2.79. The van der Waals surface area contributed by atoms with Crippen LogP contribution in [0.2, 0.25) is 0 Å². The van der Waals surface area contributed by atoms with Crippen molar-refractivity contribution in [3.63, 3.8) is 0 Å². The first-order valence-corrected chi connectivity index (χ1v) is 5.37. The molecule has 0 spiro atoms. The lowest BCUT2D eigenvalue weighted by Gasteiger charge is -1.96. The fourth-order valence-electron chi connectivity index (χ4n) is 1.85. The van der Waals surface area contributed by atoms with Crippen LogP contribution in [-0.2, 0) is 0 Å². The molecule has 2 heterocycles. The number of H-pyrrole nitrogens is 1. The molecule has 3 heteroatoms. The summed E-state index contributed by atoms with van der Waals surface area (Å²) in [5, 5.41) is 1.05. The molecule has 0 radical (unpaired) electrons. The predicted molar refractivity (Wildman–Crippen MR) is 66.0 cm³/mol. The van der Waals surface area contributed by atoms with Gasteiger partial charge in [-0.15, -0.1) is 0 Å². The molecule has 1 aromatic carbocycles. The van der Waals surface area contributed by atoms with Crippen LogP contribution >= 0.6 is 0 Å². The Hall–Kier alpha value is -2.42. The van der Waals surface area contributed by atoms with Crippen LogP contribution < -0.4 is 0 Å². The van der Waals surface area contributed by atoms with Crippen LogP contribution in [0.4, 0.5) is 0 Å². The number of aromatic amines is 1. The molecule has 0 aliphatic heterocycles. The van der Waals surface area contributed by atoms with Gasteiger partial charge in [-0.1, -0.05) is 18.2 Å². The van der Waals surface area contributed by atoms with Crippen LogP contribution in [0.25, 0.3) is 10.9 Å². The smallest absolute Gasteiger partial charge is 0.209 e. The Labute approximate surface area is 98.1 Å². The minimum atomic E-state index is -0.0106. The zero-order valence-corrected chi connectivity index (χ0v) is 9.05. The molecule has 3 rings (SSSR count). The number of hydrogen-bond acceptors (Lipinski definition) is 2. The van der Waals surface area contributed by atoms with Crippen LogP contribution in [0.1, 0.15) is 16.1 Å². The summed E-state index contributed by atoms with van der Waals surface area (Å²) < 4.78 is 0. The van der Waals surface area contributed by atoms with Crippen molar-refractivity contribution in [2.24, 2.45) is 0 Å². The van der Waals surface area contributed by atoms with Crippen molar-refractivity contribution in [3.05, 3.63) is 66.1 Å². The maximum Gasteiger partial charge on any atom is 0.209 e. The van der Waals surface area contributed by atoms with Crippen molar-refractivity contribution < 1.29 is 4.79 Å². The van der Waals surface area contributed by atoms with Gasteiger partial charge in [-0.05, 0) is 24.3 Å². The van der Waals surface area contributed by atoms with Gasteiger partial charge in [0.2, 0.25) is 5.78 Å². The molecular weight excluding hydrogens is 212 g/mol. The SMILES string of the molecule is O=C(c1ccncc1)c1cc2ccccc2[nH]1. The van der Waals surface area contributed by atoms with Crippen molar-refractivity contribution in [3.8, 4) is 0 Å². The number of fused-ring (bicyclic) bond motifs is 1. The monoisotopic (exact) mass is 222 g/mol. The van der Waals surface area contributed by atoms with E-state index in [0.29, 0.717) is 11.3 Å². The first-order valence-electron chi connectivity index (χ1n) is 5.37. The Kier molecular flexibility index (Phi) is 2.22. The quantitative estimate of drug-likeness (QED) is 0.677. The average Bonchev–Trinajstić information content (AvgIpc) is 2.82. The number of hydrogen-bond donors (Lipinski definition) is 1. The Morgan fingerprint density at radius 2 is 1.82 bits per heavy atom. The van der Waals surface area contributed by atoms with E-state index in [-0.39, 0.29) is 5.78 Å². The Bertz CT molecular complexity index is 638. The minimum Gasteiger partial charge on any atom is -0.352 e. The number of aromatic nitrogens is 2. The molecule has 3 aromatic rings. The van der Waals surface area contributed by atoms with Gasteiger partial charge in [0.25, 0.3) is 0 Å². The van der Waals surface area contributed by atoms with Gasteiger partial charge in [-0.25, -0.2) is 0 Å². The van der Waals surface area contributed by atoms with Crippen LogP contribution in [0.5, 0.6) is 0 Å². The number of carbonyl (C=O) groups excluding carboxylic acids is 1. The van der Waals surface area contributed by atoms with E-state index in [0.717, 1.165) is 10.9 Å². The summed E-state index contributed by atoms with van der Waals surface area (Å²) in [5.41, 5.74) is 2.23. The minimum absolute atomic E-state index is 0.0106. The first kappa shape index (κ1) is 9.78. The van der Waals surface area contributed by atoms with E-state index in [2.05, 4.69) is 9.97 Å². The van der Waals surface area contributed by atoms with Crippen LogP contribution in [0.3, 0.4) is 0 Å². The molecular formula is C14H10N2O. The average molecular weight is 222 g/mol. The number of nitrogens with zero attached hydrogens (tertiary/aromatic N) is 1. The van der Waals surface area contributed by atoms with E-state index in [1.54, 1.807) is 24.5 Å². The fourth-order valence-corrected chi connectivity index (χ4v) is 1.85. The van der Waals surface area contributed by atoms with Crippen molar-refractivity contribution >= 4 is 16.7 Å². The summed E-state index contributed by atoms with van der Waals surface area (Å²) in [6, 6.07) is 13.1. The van der Waals surface area contributed by atoms with Gasteiger partial charge >= 0.3 is 0 Å². The number of rotatable bonds is 2. The highest BCUT2D eigenvalue weighted by molar-refractivity contribution is 6.10. The van der Waals surface area contributed by atoms with Crippen molar-refractivity contribution in [2.75, 3.05) is 0 Å². The van der Waals surface area contributed by atoms with Gasteiger partial charge in [0, 0.05) is 28.9 Å². The molecule has 0 fully saturated rings. The molecule has 0 aliphatic carbocycles. The number of carbonyl (C=O) groups is 1. The maximum atomic E-state index is 12.2. The first-order chi connectivity index (χ1) is 8.34. The normalized spacial score (nSPS) is 10.6. The molecule has 0 saturated carbocycles. The second kappa shape index (κ2) is 3.87. The summed E-state index contributed by atoms with van der Waals surface area (Å²) in [4.78, 5) is 19.2. The van der Waals surface area contributed by atoms with Crippen LogP contribution in [-0.4, -0.2) is 15.8 Å². The van der Waals surface area contributed by atoms with Crippen LogP contribution in [0.15, 0.2) is 54.9 Å². The van der Waals surface area contributed by atoms with E-state index in [9.17, 15) is 4.79 Å². The lowest BCUT2D eigenvalue weighted by Crippen LogP contribution is -2.01. The molecule has 0 aliphatic rings. The molecule has 0 saturated heterocycles. The van der Waals surface area contributed by atoms with Gasteiger partial charge < -0.3 is 4.98 Å². The number of ketones is 1. The third-order valence-electron chi connectivity index (χ3n) is 2.72. The molecule has 0 bridgehead atoms. The van der Waals surface area contributed by atoms with E-state index in [1.165, 1.54) is 0 Å². The van der Waals surface area contributed by atoms with E-state index in [1.807, 2.05) is 30.3 Å². The second-order valence-corrected chi connectivity index (χ2v) is 3.84. The number of pyridine rings is 1. The third kappa shape index (κ3) is 1.72. The lowest BCUT2D eigenvalue weighted by molar-refractivity contribution is 0.103. The summed E-state index contributed by atoms with van der Waals surface area (Å²) in [6.07, 6.45) is 3.24. The zero-order chi connectivity index (χ0) is 11.7. The Morgan fingerprint density at radius 1 is 1.06 bits per heavy atom. The fraction of sp³-hybridized carbons (Fsp3) is 0. The third-order valence-corrected chi connectivity index (χ3v) is 2.72. The highest BCUT2D eigenvalue weighted by Gasteiger charge is 2.11. The maximum absolute atomic E-state index is 12.2. The summed E-state index contributed by atoms with van der Waals surface area (Å²) >= 11 is 0. The van der Waals surface area contributed by atoms with Gasteiger partial charge in [-0.3, -0.25) is 9.78 Å². The topological polar surface area (TPSA) is 45.8 Å². The molecule has 2 aromatic heterocycles. The molecule has 82 valence electrons. The Morgan fingerprint density at radius 3 is 2.59 bits per heavy atom. The number of benzene rings is 1. The van der Waals surface area contributed by atoms with Crippen molar-refractivity contribution in [1.29, 1.82) is 0 Å². The summed E-state index contributed by atoms with van der Waals surface area (Å²) in [5.74, 6) is -0.0106. The molecule has 0 amide bonds. The second-order valence-electron chi connectivity index (χ2n) is 3.84. The van der Waals surface area contributed by atoms with Gasteiger partial charge in [0.05, 0.1) is 5.69 Å². The molecule has 0 unspecified atom stereocenters. The van der Waals surface area contributed by atoms with E-state index >= 15 is 0 Å². The number of para-hydroxylation sites is 1. The lowest BCUT2D eigenvalue weighted by atomic mass is 10.1.